The maximum absolute atomic E-state index is 12.9. The molecular weight excluding hydrogens is 380 g/mol. The Kier molecular flexibility index (Phi) is 4.87. The van der Waals surface area contributed by atoms with E-state index in [4.69, 9.17) is 4.74 Å². The Balaban J connectivity index is 1.35. The van der Waals surface area contributed by atoms with Crippen LogP contribution in [0.1, 0.15) is 53.3 Å². The number of imide groups is 1. The van der Waals surface area contributed by atoms with Crippen LogP contribution >= 0.6 is 0 Å². The Hall–Kier alpha value is -2.99. The summed E-state index contributed by atoms with van der Waals surface area (Å²) in [5.41, 5.74) is 3.25. The topological polar surface area (TPSA) is 66.9 Å². The van der Waals surface area contributed by atoms with Gasteiger partial charge in [0.1, 0.15) is 6.10 Å². The zero-order chi connectivity index (χ0) is 20.7. The van der Waals surface area contributed by atoms with Crippen LogP contribution in [0.2, 0.25) is 0 Å². The van der Waals surface area contributed by atoms with Crippen LogP contribution in [0, 0.1) is 0 Å². The van der Waals surface area contributed by atoms with Gasteiger partial charge in [0.25, 0.3) is 0 Å². The van der Waals surface area contributed by atoms with Gasteiger partial charge in [-0.15, -0.1) is 0 Å². The summed E-state index contributed by atoms with van der Waals surface area (Å²) in [5.74, 6) is -0.788. The van der Waals surface area contributed by atoms with E-state index < -0.39 is 0 Å². The van der Waals surface area contributed by atoms with Crippen molar-refractivity contribution >= 4 is 23.5 Å². The van der Waals surface area contributed by atoms with Gasteiger partial charge in [-0.25, -0.2) is 4.79 Å². The molecule has 5 rings (SSSR count). The molecule has 0 N–H and O–H groups in total. The highest BCUT2D eigenvalue weighted by molar-refractivity contribution is 6.19. The van der Waals surface area contributed by atoms with E-state index in [1.54, 1.807) is 24.3 Å². The van der Waals surface area contributed by atoms with Gasteiger partial charge in [0, 0.05) is 12.8 Å². The van der Waals surface area contributed by atoms with Crippen LogP contribution in [0.25, 0.3) is 0 Å². The Morgan fingerprint density at radius 3 is 2.27 bits per heavy atom. The molecule has 2 heterocycles. The quantitative estimate of drug-likeness (QED) is 0.578. The van der Waals surface area contributed by atoms with Crippen molar-refractivity contribution in [3.8, 4) is 0 Å². The lowest BCUT2D eigenvalue weighted by atomic mass is 10.1. The van der Waals surface area contributed by atoms with Gasteiger partial charge in [-0.3, -0.25) is 19.4 Å². The Bertz CT molecular complexity index is 979. The Morgan fingerprint density at radius 1 is 0.900 bits per heavy atom. The lowest BCUT2D eigenvalue weighted by Gasteiger charge is -2.29. The second-order valence-corrected chi connectivity index (χ2v) is 8.21. The van der Waals surface area contributed by atoms with E-state index in [9.17, 15) is 14.4 Å². The Morgan fingerprint density at radius 2 is 1.57 bits per heavy atom. The maximum atomic E-state index is 12.9. The number of fused-ring (bicyclic) bond motifs is 1. The second-order valence-electron chi connectivity index (χ2n) is 8.21. The number of carbonyl (C=O) groups excluding carboxylic acids is 3. The molecule has 2 fully saturated rings. The van der Waals surface area contributed by atoms with E-state index in [0.717, 1.165) is 25.1 Å². The normalized spacial score (nSPS) is 23.8. The van der Waals surface area contributed by atoms with Crippen LogP contribution < -0.4 is 4.90 Å². The van der Waals surface area contributed by atoms with E-state index in [2.05, 4.69) is 17.0 Å². The van der Waals surface area contributed by atoms with Crippen molar-refractivity contribution in [1.29, 1.82) is 0 Å². The molecular formula is C24H24N2O4. The highest BCUT2D eigenvalue weighted by Gasteiger charge is 2.39. The molecule has 2 amide bonds. The fourth-order valence-corrected chi connectivity index (χ4v) is 4.87. The van der Waals surface area contributed by atoms with Crippen molar-refractivity contribution in [2.45, 2.75) is 44.2 Å². The molecule has 2 aromatic carbocycles. The summed E-state index contributed by atoms with van der Waals surface area (Å²) in [6.45, 7) is 2.08. The number of anilines is 1. The minimum atomic E-state index is -0.383. The van der Waals surface area contributed by atoms with E-state index in [1.165, 1.54) is 23.3 Å². The number of esters is 1. The molecule has 0 spiro atoms. The molecule has 0 saturated carbocycles. The molecule has 154 valence electrons. The fourth-order valence-electron chi connectivity index (χ4n) is 4.87. The second kappa shape index (κ2) is 7.69. The highest BCUT2D eigenvalue weighted by Crippen LogP contribution is 2.39. The third-order valence-corrected chi connectivity index (χ3v) is 6.40. The van der Waals surface area contributed by atoms with Gasteiger partial charge in [-0.05, 0) is 67.7 Å². The monoisotopic (exact) mass is 404 g/mol. The zero-order valence-electron chi connectivity index (χ0n) is 16.8. The standard InChI is InChI=1S/C24H24N2O4/c27-21-11-12-22(28)26(21)18-9-7-16(8-10-18)24(29)30-23-19-6-2-1-5-17(19)15-20(23)25-13-3-4-14-25/h1-2,5-10,20,23H,3-4,11-15H2/t20-,23-/m1/s1. The van der Waals surface area contributed by atoms with Crippen LogP contribution in [0.15, 0.2) is 48.5 Å². The third-order valence-electron chi connectivity index (χ3n) is 6.40. The molecule has 3 aliphatic rings. The van der Waals surface area contributed by atoms with E-state index in [0.29, 0.717) is 11.3 Å². The Labute approximate surface area is 175 Å². The number of amides is 2. The molecule has 0 radical (unpaired) electrons. The van der Waals surface area contributed by atoms with Crippen molar-refractivity contribution in [2.75, 3.05) is 18.0 Å². The zero-order valence-corrected chi connectivity index (χ0v) is 16.8. The van der Waals surface area contributed by atoms with Gasteiger partial charge in [0.2, 0.25) is 11.8 Å². The summed E-state index contributed by atoms with van der Waals surface area (Å²) in [4.78, 5) is 40.4. The predicted molar refractivity (Wildman–Crippen MR) is 111 cm³/mol. The van der Waals surface area contributed by atoms with Crippen LogP contribution in [-0.2, 0) is 20.7 Å². The molecule has 30 heavy (non-hydrogen) atoms. The first-order chi connectivity index (χ1) is 14.6. The van der Waals surface area contributed by atoms with Crippen molar-refractivity contribution in [2.24, 2.45) is 0 Å². The number of hydrogen-bond acceptors (Lipinski definition) is 5. The predicted octanol–water partition coefficient (Wildman–Crippen LogP) is 3.26. The summed E-state index contributed by atoms with van der Waals surface area (Å²) in [7, 11) is 0. The molecule has 6 nitrogen and oxygen atoms in total. The van der Waals surface area contributed by atoms with Crippen LogP contribution in [0.4, 0.5) is 5.69 Å². The van der Waals surface area contributed by atoms with Gasteiger partial charge in [0.15, 0.2) is 0 Å². The van der Waals surface area contributed by atoms with Gasteiger partial charge < -0.3 is 4.74 Å². The van der Waals surface area contributed by atoms with E-state index in [1.807, 2.05) is 12.1 Å². The van der Waals surface area contributed by atoms with Gasteiger partial charge >= 0.3 is 5.97 Å². The number of rotatable bonds is 4. The van der Waals surface area contributed by atoms with Gasteiger partial charge in [-0.1, -0.05) is 24.3 Å². The molecule has 2 aliphatic heterocycles. The molecule has 0 aromatic heterocycles. The number of carbonyl (C=O) groups is 3. The van der Waals surface area contributed by atoms with Crippen LogP contribution in [0.5, 0.6) is 0 Å². The summed E-state index contributed by atoms with van der Waals surface area (Å²) >= 11 is 0. The highest BCUT2D eigenvalue weighted by atomic mass is 16.5. The van der Waals surface area contributed by atoms with Crippen molar-refractivity contribution < 1.29 is 19.1 Å². The minimum absolute atomic E-state index is 0.174. The van der Waals surface area contributed by atoms with Gasteiger partial charge in [0.05, 0.1) is 17.3 Å². The first-order valence-corrected chi connectivity index (χ1v) is 10.6. The summed E-state index contributed by atoms with van der Waals surface area (Å²) in [6.07, 6.45) is 3.45. The average molecular weight is 404 g/mol. The number of hydrogen-bond donors (Lipinski definition) is 0. The average Bonchev–Trinajstić information content (AvgIpc) is 3.48. The number of ether oxygens (including phenoxy) is 1. The van der Waals surface area contributed by atoms with Crippen molar-refractivity contribution in [1.82, 2.24) is 4.90 Å². The molecule has 1 aliphatic carbocycles. The molecule has 2 saturated heterocycles. The minimum Gasteiger partial charge on any atom is -0.452 e. The first kappa shape index (κ1) is 19.0. The molecule has 0 unspecified atom stereocenters. The number of benzene rings is 2. The third kappa shape index (κ3) is 3.31. The molecule has 2 aromatic rings. The largest absolute Gasteiger partial charge is 0.452 e. The molecule has 0 bridgehead atoms. The van der Waals surface area contributed by atoms with Crippen molar-refractivity contribution in [3.05, 3.63) is 65.2 Å². The summed E-state index contributed by atoms with van der Waals surface area (Å²) in [5, 5.41) is 0. The first-order valence-electron chi connectivity index (χ1n) is 10.6. The van der Waals surface area contributed by atoms with Gasteiger partial charge in [-0.2, -0.15) is 0 Å². The smallest absolute Gasteiger partial charge is 0.338 e. The van der Waals surface area contributed by atoms with Crippen molar-refractivity contribution in [3.63, 3.8) is 0 Å². The van der Waals surface area contributed by atoms with E-state index in [-0.39, 0.29) is 42.8 Å². The van der Waals surface area contributed by atoms with E-state index >= 15 is 0 Å². The number of likely N-dealkylation sites (tertiary alicyclic amines) is 1. The summed E-state index contributed by atoms with van der Waals surface area (Å²) in [6, 6.07) is 14.9. The fraction of sp³-hybridized carbons (Fsp3) is 0.375. The SMILES string of the molecule is O=C(O[C@@H]1c2ccccc2C[C@H]1N1CCCC1)c1ccc(N2C(=O)CCC2=O)cc1. The summed E-state index contributed by atoms with van der Waals surface area (Å²) < 4.78 is 6.03. The lowest BCUT2D eigenvalue weighted by molar-refractivity contribution is -0.121. The molecule has 2 atom stereocenters. The maximum Gasteiger partial charge on any atom is 0.338 e. The lowest BCUT2D eigenvalue weighted by Crippen LogP contribution is -2.37. The van der Waals surface area contributed by atoms with Crippen LogP contribution in [-0.4, -0.2) is 41.8 Å². The van der Waals surface area contributed by atoms with Crippen LogP contribution in [0.3, 0.4) is 0 Å². The molecule has 6 heteroatoms. The number of nitrogens with zero attached hydrogens (tertiary/aromatic N) is 2.